The second-order valence-electron chi connectivity index (χ2n) is 5.02. The van der Waals surface area contributed by atoms with E-state index in [1.807, 2.05) is 13.8 Å². The summed E-state index contributed by atoms with van der Waals surface area (Å²) in [7, 11) is 1.56. The van der Waals surface area contributed by atoms with Crippen LogP contribution >= 0.6 is 0 Å². The fourth-order valence-corrected chi connectivity index (χ4v) is 1.79. The zero-order chi connectivity index (χ0) is 15.5. The molecule has 1 amide bonds. The van der Waals surface area contributed by atoms with Crippen molar-refractivity contribution in [1.82, 2.24) is 9.47 Å². The molecular formula is C13H17F3N2O2. The van der Waals surface area contributed by atoms with E-state index in [9.17, 15) is 22.8 Å². The molecular weight excluding hydrogens is 273 g/mol. The van der Waals surface area contributed by atoms with E-state index < -0.39 is 29.8 Å². The number of alkyl halides is 3. The summed E-state index contributed by atoms with van der Waals surface area (Å²) >= 11 is 0. The summed E-state index contributed by atoms with van der Waals surface area (Å²) in [6.07, 6.45) is -3.54. The van der Waals surface area contributed by atoms with Crippen LogP contribution in [0.2, 0.25) is 0 Å². The van der Waals surface area contributed by atoms with Gasteiger partial charge in [0.25, 0.3) is 5.56 Å². The summed E-state index contributed by atoms with van der Waals surface area (Å²) in [5, 5.41) is 0. The lowest BCUT2D eigenvalue weighted by Crippen LogP contribution is -2.37. The Kier molecular flexibility index (Phi) is 4.97. The normalized spacial score (nSPS) is 11.8. The molecule has 0 N–H and O–H groups in total. The zero-order valence-electron chi connectivity index (χ0n) is 11.6. The predicted molar refractivity (Wildman–Crippen MR) is 68.2 cm³/mol. The van der Waals surface area contributed by atoms with Gasteiger partial charge in [-0.15, -0.1) is 0 Å². The summed E-state index contributed by atoms with van der Waals surface area (Å²) in [5.74, 6) is -0.165. The van der Waals surface area contributed by atoms with E-state index in [4.69, 9.17) is 0 Å². The zero-order valence-corrected chi connectivity index (χ0v) is 11.6. The molecule has 0 aliphatic carbocycles. The number of aromatic nitrogens is 1. The minimum absolute atomic E-state index is 0.238. The number of amides is 1. The van der Waals surface area contributed by atoms with Crippen LogP contribution in [0.5, 0.6) is 0 Å². The molecule has 0 aliphatic heterocycles. The van der Waals surface area contributed by atoms with Gasteiger partial charge in [0.1, 0.15) is 12.1 Å². The SMILES string of the molecule is CC(C)CN(C)C(=O)Cn1cccc(C(F)(F)F)c1=O. The number of rotatable bonds is 4. The van der Waals surface area contributed by atoms with Crippen molar-refractivity contribution in [2.75, 3.05) is 13.6 Å². The number of likely N-dealkylation sites (N-methyl/N-ethyl adjacent to an activating group) is 1. The van der Waals surface area contributed by atoms with Crippen LogP contribution in [0, 0.1) is 5.92 Å². The quantitative estimate of drug-likeness (QED) is 0.851. The lowest BCUT2D eigenvalue weighted by atomic mass is 10.2. The molecule has 0 saturated carbocycles. The van der Waals surface area contributed by atoms with E-state index in [1.165, 1.54) is 11.1 Å². The van der Waals surface area contributed by atoms with Crippen LogP contribution in [0.1, 0.15) is 19.4 Å². The van der Waals surface area contributed by atoms with Crippen molar-refractivity contribution < 1.29 is 18.0 Å². The van der Waals surface area contributed by atoms with Crippen molar-refractivity contribution in [3.63, 3.8) is 0 Å². The van der Waals surface area contributed by atoms with Gasteiger partial charge in [0.2, 0.25) is 5.91 Å². The highest BCUT2D eigenvalue weighted by Crippen LogP contribution is 2.25. The third-order valence-corrected chi connectivity index (χ3v) is 2.70. The topological polar surface area (TPSA) is 42.3 Å². The molecule has 0 atom stereocenters. The minimum Gasteiger partial charge on any atom is -0.344 e. The molecule has 1 aromatic heterocycles. The molecule has 0 aromatic carbocycles. The Balaban J connectivity index is 2.95. The second-order valence-corrected chi connectivity index (χ2v) is 5.02. The predicted octanol–water partition coefficient (Wildman–Crippen LogP) is 1.98. The Morgan fingerprint density at radius 1 is 1.40 bits per heavy atom. The molecule has 0 unspecified atom stereocenters. The maximum atomic E-state index is 12.6. The van der Waals surface area contributed by atoms with Gasteiger partial charge < -0.3 is 9.47 Å². The first-order chi connectivity index (χ1) is 9.12. The van der Waals surface area contributed by atoms with Gasteiger partial charge in [-0.05, 0) is 18.1 Å². The highest BCUT2D eigenvalue weighted by atomic mass is 19.4. The van der Waals surface area contributed by atoms with Crippen LogP contribution in [-0.4, -0.2) is 29.0 Å². The first-order valence-corrected chi connectivity index (χ1v) is 6.13. The van der Waals surface area contributed by atoms with E-state index in [0.717, 1.165) is 10.6 Å². The molecule has 0 aliphatic rings. The molecule has 0 bridgehead atoms. The lowest BCUT2D eigenvalue weighted by molar-refractivity contribution is -0.139. The maximum absolute atomic E-state index is 12.6. The smallest absolute Gasteiger partial charge is 0.344 e. The van der Waals surface area contributed by atoms with Gasteiger partial charge >= 0.3 is 6.18 Å². The van der Waals surface area contributed by atoms with Crippen LogP contribution in [0.4, 0.5) is 13.2 Å². The molecule has 0 radical (unpaired) electrons. The first kappa shape index (κ1) is 16.3. The fourth-order valence-electron chi connectivity index (χ4n) is 1.79. The third-order valence-electron chi connectivity index (χ3n) is 2.70. The first-order valence-electron chi connectivity index (χ1n) is 6.13. The van der Waals surface area contributed by atoms with Gasteiger partial charge in [-0.25, -0.2) is 0 Å². The number of halogens is 3. The highest BCUT2D eigenvalue weighted by Gasteiger charge is 2.34. The molecule has 0 saturated heterocycles. The third kappa shape index (κ3) is 4.11. The Hall–Kier alpha value is -1.79. The van der Waals surface area contributed by atoms with Crippen LogP contribution in [0.3, 0.4) is 0 Å². The molecule has 0 spiro atoms. The number of pyridine rings is 1. The van der Waals surface area contributed by atoms with Gasteiger partial charge in [0, 0.05) is 19.8 Å². The number of carbonyl (C=O) groups is 1. The van der Waals surface area contributed by atoms with Crippen molar-refractivity contribution in [2.24, 2.45) is 5.92 Å². The summed E-state index contributed by atoms with van der Waals surface area (Å²) in [5.41, 5.74) is -2.47. The standard InChI is InChI=1S/C13H17F3N2O2/c1-9(2)7-17(3)11(19)8-18-6-4-5-10(12(18)20)13(14,15)16/h4-6,9H,7-8H2,1-3H3. The van der Waals surface area contributed by atoms with E-state index in [1.54, 1.807) is 7.05 Å². The van der Waals surface area contributed by atoms with E-state index in [0.29, 0.717) is 12.6 Å². The summed E-state index contributed by atoms with van der Waals surface area (Å²) in [4.78, 5) is 24.9. The van der Waals surface area contributed by atoms with Crippen LogP contribution in [0.15, 0.2) is 23.1 Å². The number of hydrogen-bond donors (Lipinski definition) is 0. The van der Waals surface area contributed by atoms with Gasteiger partial charge in [0.05, 0.1) is 0 Å². The van der Waals surface area contributed by atoms with Gasteiger partial charge in [-0.2, -0.15) is 13.2 Å². The van der Waals surface area contributed by atoms with Gasteiger partial charge in [-0.1, -0.05) is 13.8 Å². The highest BCUT2D eigenvalue weighted by molar-refractivity contribution is 5.75. The molecule has 1 heterocycles. The number of nitrogens with zero attached hydrogens (tertiary/aromatic N) is 2. The monoisotopic (exact) mass is 290 g/mol. The largest absolute Gasteiger partial charge is 0.421 e. The molecule has 1 rings (SSSR count). The Morgan fingerprint density at radius 2 is 2.00 bits per heavy atom. The number of carbonyl (C=O) groups excluding carboxylic acids is 1. The Bertz CT molecular complexity index is 535. The lowest BCUT2D eigenvalue weighted by Gasteiger charge is -2.20. The summed E-state index contributed by atoms with van der Waals surface area (Å²) in [6, 6.07) is 1.82. The molecule has 4 nitrogen and oxygen atoms in total. The average molecular weight is 290 g/mol. The fraction of sp³-hybridized carbons (Fsp3) is 0.538. The van der Waals surface area contributed by atoms with Gasteiger partial charge in [-0.3, -0.25) is 9.59 Å². The maximum Gasteiger partial charge on any atom is 0.421 e. The van der Waals surface area contributed by atoms with Crippen molar-refractivity contribution >= 4 is 5.91 Å². The number of hydrogen-bond acceptors (Lipinski definition) is 2. The van der Waals surface area contributed by atoms with Crippen LogP contribution < -0.4 is 5.56 Å². The van der Waals surface area contributed by atoms with Gasteiger partial charge in [0.15, 0.2) is 0 Å². The average Bonchev–Trinajstić information content (AvgIpc) is 2.29. The Morgan fingerprint density at radius 3 is 2.50 bits per heavy atom. The van der Waals surface area contributed by atoms with E-state index in [-0.39, 0.29) is 5.92 Å². The van der Waals surface area contributed by atoms with E-state index >= 15 is 0 Å². The summed E-state index contributed by atoms with van der Waals surface area (Å²) in [6.45, 7) is 3.92. The minimum atomic E-state index is -4.72. The van der Waals surface area contributed by atoms with Crippen molar-refractivity contribution in [2.45, 2.75) is 26.6 Å². The molecule has 1 aromatic rings. The van der Waals surface area contributed by atoms with Crippen molar-refractivity contribution in [3.8, 4) is 0 Å². The Labute approximate surface area is 114 Å². The van der Waals surface area contributed by atoms with E-state index in [2.05, 4.69) is 0 Å². The molecule has 20 heavy (non-hydrogen) atoms. The summed E-state index contributed by atoms with van der Waals surface area (Å²) < 4.78 is 38.5. The van der Waals surface area contributed by atoms with Crippen molar-refractivity contribution in [1.29, 1.82) is 0 Å². The second kappa shape index (κ2) is 6.11. The van der Waals surface area contributed by atoms with Crippen LogP contribution in [-0.2, 0) is 17.5 Å². The van der Waals surface area contributed by atoms with Crippen LogP contribution in [0.25, 0.3) is 0 Å². The molecule has 112 valence electrons. The molecule has 7 heteroatoms. The molecule has 0 fully saturated rings. The van der Waals surface area contributed by atoms with Crippen molar-refractivity contribution in [3.05, 3.63) is 34.2 Å².